The Hall–Kier alpha value is -3.06. The molecule has 4 aromatic rings. The molecule has 3 aromatic carbocycles. The van der Waals surface area contributed by atoms with Crippen molar-refractivity contribution in [3.05, 3.63) is 98.5 Å². The monoisotopic (exact) mass is 528 g/mol. The van der Waals surface area contributed by atoms with Crippen molar-refractivity contribution in [1.29, 1.82) is 5.41 Å². The van der Waals surface area contributed by atoms with Gasteiger partial charge in [-0.2, -0.15) is 0 Å². The lowest BCUT2D eigenvalue weighted by Crippen LogP contribution is -2.30. The summed E-state index contributed by atoms with van der Waals surface area (Å²) in [6.45, 7) is 0.938. The summed E-state index contributed by atoms with van der Waals surface area (Å²) in [7, 11) is 1.74. The van der Waals surface area contributed by atoms with Gasteiger partial charge in [0.2, 0.25) is 5.62 Å². The number of carbonyl (C=O) groups excluding carboxylic acids is 2. The highest BCUT2D eigenvalue weighted by atomic mass is 35.5. The molecule has 6 nitrogen and oxygen atoms in total. The van der Waals surface area contributed by atoms with E-state index in [0.717, 1.165) is 0 Å². The third kappa shape index (κ3) is 5.45. The second-order valence-corrected chi connectivity index (χ2v) is 9.47. The number of aryl methyl sites for hydroxylation is 1. The Morgan fingerprint density at radius 2 is 1.46 bits per heavy atom. The Bertz CT molecular complexity index is 1440. The molecular weight excluding hydrogens is 507 g/mol. The van der Waals surface area contributed by atoms with Crippen molar-refractivity contribution >= 4 is 57.5 Å². The van der Waals surface area contributed by atoms with E-state index in [4.69, 9.17) is 40.2 Å². The van der Waals surface area contributed by atoms with Crippen molar-refractivity contribution in [3.8, 4) is 0 Å². The molecule has 0 aliphatic carbocycles. The topological polar surface area (TPSA) is 71.1 Å². The quantitative estimate of drug-likeness (QED) is 0.288. The number of nitrogens with one attached hydrogen (secondary N) is 1. The Kier molecular flexibility index (Phi) is 7.65. The Morgan fingerprint density at radius 3 is 2.09 bits per heavy atom. The van der Waals surface area contributed by atoms with Gasteiger partial charge >= 0.3 is 0 Å². The standard InChI is InChI=1S/C26H23Cl3N4O2/c1-31(25(35)18-8-12-20(28)13-9-18)14-3-15-32-24-21(29)4-2-5-22(24)33(26(32)30)16-23(34)17-6-10-19(27)11-7-17/h2,4-13,30H,3,14-16H2,1H3. The first-order valence-corrected chi connectivity index (χ1v) is 12.1. The Balaban J connectivity index is 1.54. The number of carbonyl (C=O) groups is 2. The van der Waals surface area contributed by atoms with Gasteiger partial charge in [0.15, 0.2) is 5.78 Å². The molecule has 1 N–H and O–H groups in total. The van der Waals surface area contributed by atoms with E-state index in [-0.39, 0.29) is 23.9 Å². The Morgan fingerprint density at radius 1 is 0.857 bits per heavy atom. The molecule has 0 spiro atoms. The van der Waals surface area contributed by atoms with E-state index in [1.165, 1.54) is 0 Å². The van der Waals surface area contributed by atoms with E-state index >= 15 is 0 Å². The van der Waals surface area contributed by atoms with E-state index in [2.05, 4.69) is 0 Å². The van der Waals surface area contributed by atoms with Gasteiger partial charge in [0.05, 0.1) is 22.6 Å². The average Bonchev–Trinajstić information content (AvgIpc) is 3.11. The van der Waals surface area contributed by atoms with Crippen molar-refractivity contribution in [2.75, 3.05) is 13.6 Å². The van der Waals surface area contributed by atoms with Gasteiger partial charge in [-0.3, -0.25) is 15.0 Å². The fraction of sp³-hybridized carbons (Fsp3) is 0.192. The van der Waals surface area contributed by atoms with Crippen molar-refractivity contribution in [2.24, 2.45) is 0 Å². The molecular formula is C26H23Cl3N4O2. The zero-order chi connectivity index (χ0) is 25.1. The van der Waals surface area contributed by atoms with Crippen molar-refractivity contribution in [1.82, 2.24) is 14.0 Å². The predicted molar refractivity (Wildman–Crippen MR) is 140 cm³/mol. The lowest BCUT2D eigenvalue weighted by Gasteiger charge is -2.17. The number of rotatable bonds is 8. The molecule has 4 rings (SSSR count). The molecule has 0 radical (unpaired) electrons. The summed E-state index contributed by atoms with van der Waals surface area (Å²) < 4.78 is 3.44. The number of hydrogen-bond donors (Lipinski definition) is 1. The van der Waals surface area contributed by atoms with Crippen LogP contribution in [0.15, 0.2) is 66.7 Å². The van der Waals surface area contributed by atoms with Gasteiger partial charge in [0.1, 0.15) is 0 Å². The smallest absolute Gasteiger partial charge is 0.253 e. The lowest BCUT2D eigenvalue weighted by molar-refractivity contribution is 0.0791. The molecule has 0 fully saturated rings. The summed E-state index contributed by atoms with van der Waals surface area (Å²) in [5, 5.41) is 10.4. The van der Waals surface area contributed by atoms with Gasteiger partial charge in [-0.05, 0) is 67.1 Å². The molecule has 0 unspecified atom stereocenters. The fourth-order valence-corrected chi connectivity index (χ4v) is 4.51. The minimum absolute atomic E-state index is 0.000731. The van der Waals surface area contributed by atoms with Gasteiger partial charge in [-0.1, -0.05) is 40.9 Å². The van der Waals surface area contributed by atoms with Gasteiger partial charge < -0.3 is 14.0 Å². The summed E-state index contributed by atoms with van der Waals surface area (Å²) in [6.07, 6.45) is 0.599. The molecule has 0 bridgehead atoms. The number of imidazole rings is 1. The van der Waals surface area contributed by atoms with Crippen LogP contribution in [0.5, 0.6) is 0 Å². The number of ketones is 1. The number of amides is 1. The maximum absolute atomic E-state index is 12.9. The highest BCUT2D eigenvalue weighted by Gasteiger charge is 2.17. The predicted octanol–water partition coefficient (Wildman–Crippen LogP) is 5.93. The summed E-state index contributed by atoms with van der Waals surface area (Å²) in [4.78, 5) is 27.2. The molecule has 1 heterocycles. The van der Waals surface area contributed by atoms with Crippen LogP contribution in [-0.4, -0.2) is 39.3 Å². The Labute approximate surface area is 217 Å². The zero-order valence-corrected chi connectivity index (χ0v) is 21.2. The summed E-state index contributed by atoms with van der Waals surface area (Å²) in [6, 6.07) is 18.9. The molecule has 1 amide bonds. The highest BCUT2D eigenvalue weighted by molar-refractivity contribution is 6.35. The number of Topliss-reactive ketones (excluding diaryl/α,β-unsaturated/α-hetero) is 1. The van der Waals surface area contributed by atoms with Crippen LogP contribution < -0.4 is 5.62 Å². The van der Waals surface area contributed by atoms with Gasteiger partial charge in [-0.15, -0.1) is 0 Å². The number of fused-ring (bicyclic) bond motifs is 1. The van der Waals surface area contributed by atoms with E-state index in [0.29, 0.717) is 56.7 Å². The van der Waals surface area contributed by atoms with Crippen LogP contribution in [0, 0.1) is 5.41 Å². The first kappa shape index (κ1) is 25.0. The first-order chi connectivity index (χ1) is 16.8. The van der Waals surface area contributed by atoms with Gasteiger partial charge in [0.25, 0.3) is 5.91 Å². The van der Waals surface area contributed by atoms with Crippen molar-refractivity contribution < 1.29 is 9.59 Å². The van der Waals surface area contributed by atoms with Crippen LogP contribution >= 0.6 is 34.8 Å². The minimum Gasteiger partial charge on any atom is -0.342 e. The first-order valence-electron chi connectivity index (χ1n) is 11.0. The van der Waals surface area contributed by atoms with Gasteiger partial charge in [-0.25, -0.2) is 0 Å². The summed E-state index contributed by atoms with van der Waals surface area (Å²) in [5.74, 6) is -0.237. The number of aromatic nitrogens is 2. The number of hydrogen-bond acceptors (Lipinski definition) is 3. The summed E-state index contributed by atoms with van der Waals surface area (Å²) in [5.41, 5.74) is 2.64. The molecule has 9 heteroatoms. The number of halogens is 3. The molecule has 0 aliphatic heterocycles. The maximum Gasteiger partial charge on any atom is 0.253 e. The summed E-state index contributed by atoms with van der Waals surface area (Å²) >= 11 is 18.4. The minimum atomic E-state index is -0.132. The molecule has 180 valence electrons. The second-order valence-electron chi connectivity index (χ2n) is 8.19. The highest BCUT2D eigenvalue weighted by Crippen LogP contribution is 2.23. The number of nitrogens with zero attached hydrogens (tertiary/aromatic N) is 3. The van der Waals surface area contributed by atoms with Crippen LogP contribution in [-0.2, 0) is 13.1 Å². The molecule has 0 saturated heterocycles. The number of benzene rings is 3. The van der Waals surface area contributed by atoms with Crippen LogP contribution in [0.2, 0.25) is 15.1 Å². The molecule has 35 heavy (non-hydrogen) atoms. The van der Waals surface area contributed by atoms with E-state index in [1.54, 1.807) is 81.7 Å². The van der Waals surface area contributed by atoms with Crippen LogP contribution in [0.1, 0.15) is 27.1 Å². The molecule has 0 saturated carbocycles. The SMILES string of the molecule is CN(CCCn1c(=N)n(CC(=O)c2ccc(Cl)cc2)c2cccc(Cl)c21)C(=O)c1ccc(Cl)cc1. The average molecular weight is 530 g/mol. The van der Waals surface area contributed by atoms with Crippen LogP contribution in [0.25, 0.3) is 11.0 Å². The normalized spacial score (nSPS) is 11.1. The van der Waals surface area contributed by atoms with E-state index in [9.17, 15) is 9.59 Å². The fourth-order valence-electron chi connectivity index (χ4n) is 3.98. The van der Waals surface area contributed by atoms with Crippen LogP contribution in [0.3, 0.4) is 0 Å². The lowest BCUT2D eigenvalue weighted by atomic mass is 10.1. The van der Waals surface area contributed by atoms with Gasteiger partial charge in [0, 0.05) is 41.3 Å². The maximum atomic E-state index is 12.9. The molecule has 0 atom stereocenters. The third-order valence-electron chi connectivity index (χ3n) is 5.82. The van der Waals surface area contributed by atoms with Crippen molar-refractivity contribution in [3.63, 3.8) is 0 Å². The van der Waals surface area contributed by atoms with E-state index in [1.807, 2.05) is 6.07 Å². The number of para-hydroxylation sites is 1. The molecule has 0 aliphatic rings. The van der Waals surface area contributed by atoms with Crippen LogP contribution in [0.4, 0.5) is 0 Å². The zero-order valence-electron chi connectivity index (χ0n) is 19.0. The van der Waals surface area contributed by atoms with Crippen molar-refractivity contribution in [2.45, 2.75) is 19.5 Å². The van der Waals surface area contributed by atoms with E-state index < -0.39 is 0 Å². The second kappa shape index (κ2) is 10.7. The molecule has 1 aromatic heterocycles. The largest absolute Gasteiger partial charge is 0.342 e. The third-order valence-corrected chi connectivity index (χ3v) is 6.63.